The first-order valence-corrected chi connectivity index (χ1v) is 5.84. The predicted octanol–water partition coefficient (Wildman–Crippen LogP) is 2.80. The third-order valence-corrected chi connectivity index (χ3v) is 3.06. The van der Waals surface area contributed by atoms with Gasteiger partial charge in [-0.3, -0.25) is 0 Å². The monoisotopic (exact) mass is 218 g/mol. The van der Waals surface area contributed by atoms with E-state index in [0.717, 1.165) is 23.9 Å². The van der Waals surface area contributed by atoms with E-state index < -0.39 is 6.10 Å². The summed E-state index contributed by atoms with van der Waals surface area (Å²) in [5, 5.41) is 14.5. The van der Waals surface area contributed by atoms with Crippen molar-refractivity contribution in [1.29, 1.82) is 0 Å². The van der Waals surface area contributed by atoms with Crippen molar-refractivity contribution in [3.8, 4) is 0 Å². The van der Waals surface area contributed by atoms with Gasteiger partial charge in [0.15, 0.2) is 0 Å². The Morgan fingerprint density at radius 3 is 3.00 bits per heavy atom. The number of fused-ring (bicyclic) bond motifs is 1. The normalized spacial score (nSPS) is 15.2. The Balaban J connectivity index is 2.32. The molecule has 16 heavy (non-hydrogen) atoms. The standard InChI is InChI=1S/C13H18N2O/c1-3-6-10(2)13(16)11-9-14-15-8-5-4-7-12(11)15/h4-5,7-10,13,16H,3,6H2,1-2H3. The number of aliphatic hydroxyl groups is 1. The Morgan fingerprint density at radius 1 is 1.44 bits per heavy atom. The molecule has 2 aromatic heterocycles. The van der Waals surface area contributed by atoms with E-state index in [1.165, 1.54) is 0 Å². The molecule has 1 N–H and O–H groups in total. The van der Waals surface area contributed by atoms with Crippen LogP contribution in [0.1, 0.15) is 38.4 Å². The summed E-state index contributed by atoms with van der Waals surface area (Å²) in [6, 6.07) is 5.90. The van der Waals surface area contributed by atoms with Crippen LogP contribution in [-0.4, -0.2) is 14.7 Å². The van der Waals surface area contributed by atoms with Crippen LogP contribution >= 0.6 is 0 Å². The largest absolute Gasteiger partial charge is 0.388 e. The van der Waals surface area contributed by atoms with Crippen LogP contribution in [-0.2, 0) is 0 Å². The van der Waals surface area contributed by atoms with Crippen molar-refractivity contribution in [3.05, 3.63) is 36.2 Å². The van der Waals surface area contributed by atoms with Gasteiger partial charge in [0.05, 0.1) is 17.8 Å². The molecule has 86 valence electrons. The Bertz CT molecular complexity index is 464. The summed E-state index contributed by atoms with van der Waals surface area (Å²) >= 11 is 0. The number of nitrogens with zero attached hydrogens (tertiary/aromatic N) is 2. The van der Waals surface area contributed by atoms with Crippen molar-refractivity contribution in [2.24, 2.45) is 5.92 Å². The molecule has 0 aromatic carbocycles. The van der Waals surface area contributed by atoms with Crippen LogP contribution in [0.3, 0.4) is 0 Å². The molecule has 0 fully saturated rings. The summed E-state index contributed by atoms with van der Waals surface area (Å²) in [5.41, 5.74) is 1.93. The highest BCUT2D eigenvalue weighted by Crippen LogP contribution is 2.28. The SMILES string of the molecule is CCCC(C)C(O)c1cnn2ccccc12. The zero-order valence-electron chi connectivity index (χ0n) is 9.80. The minimum Gasteiger partial charge on any atom is -0.388 e. The maximum atomic E-state index is 10.3. The van der Waals surface area contributed by atoms with Crippen LogP contribution in [0.25, 0.3) is 5.52 Å². The molecule has 2 atom stereocenters. The average Bonchev–Trinajstić information content (AvgIpc) is 2.72. The van der Waals surface area contributed by atoms with Crippen LogP contribution < -0.4 is 0 Å². The van der Waals surface area contributed by atoms with Gasteiger partial charge in [-0.25, -0.2) is 4.52 Å². The summed E-state index contributed by atoms with van der Waals surface area (Å²) in [6.07, 6.45) is 5.38. The summed E-state index contributed by atoms with van der Waals surface area (Å²) in [5.74, 6) is 0.276. The molecule has 2 rings (SSSR count). The second kappa shape index (κ2) is 4.66. The third kappa shape index (κ3) is 1.95. The van der Waals surface area contributed by atoms with Crippen LogP contribution in [0.2, 0.25) is 0 Å². The van der Waals surface area contributed by atoms with Crippen LogP contribution in [0.5, 0.6) is 0 Å². The van der Waals surface area contributed by atoms with Gasteiger partial charge in [0.1, 0.15) is 0 Å². The van der Waals surface area contributed by atoms with Crippen molar-refractivity contribution in [3.63, 3.8) is 0 Å². The van der Waals surface area contributed by atoms with Gasteiger partial charge in [-0.15, -0.1) is 0 Å². The van der Waals surface area contributed by atoms with Crippen molar-refractivity contribution >= 4 is 5.52 Å². The Labute approximate surface area is 95.7 Å². The molecule has 0 saturated heterocycles. The fourth-order valence-corrected chi connectivity index (χ4v) is 2.10. The molecule has 2 unspecified atom stereocenters. The molecule has 3 nitrogen and oxygen atoms in total. The first-order chi connectivity index (χ1) is 7.74. The molecular formula is C13H18N2O. The van der Waals surface area contributed by atoms with E-state index in [2.05, 4.69) is 18.9 Å². The van der Waals surface area contributed by atoms with E-state index >= 15 is 0 Å². The quantitative estimate of drug-likeness (QED) is 0.856. The molecule has 0 spiro atoms. The van der Waals surface area contributed by atoms with Crippen LogP contribution in [0.4, 0.5) is 0 Å². The molecule has 2 heterocycles. The smallest absolute Gasteiger partial charge is 0.0852 e. The zero-order chi connectivity index (χ0) is 11.5. The second-order valence-electron chi connectivity index (χ2n) is 4.34. The Kier molecular flexibility index (Phi) is 3.25. The first kappa shape index (κ1) is 11.1. The maximum Gasteiger partial charge on any atom is 0.0852 e. The number of aliphatic hydroxyl groups excluding tert-OH is 1. The van der Waals surface area contributed by atoms with Gasteiger partial charge in [0.2, 0.25) is 0 Å². The number of hydrogen-bond acceptors (Lipinski definition) is 2. The second-order valence-corrected chi connectivity index (χ2v) is 4.34. The summed E-state index contributed by atoms with van der Waals surface area (Å²) in [7, 11) is 0. The van der Waals surface area contributed by atoms with Gasteiger partial charge in [-0.05, 0) is 24.5 Å². The van der Waals surface area contributed by atoms with Gasteiger partial charge >= 0.3 is 0 Å². The van der Waals surface area contributed by atoms with Gasteiger partial charge < -0.3 is 5.11 Å². The lowest BCUT2D eigenvalue weighted by molar-refractivity contribution is 0.113. The van der Waals surface area contributed by atoms with E-state index in [0.29, 0.717) is 0 Å². The molecular weight excluding hydrogens is 200 g/mol. The molecule has 0 saturated carbocycles. The van der Waals surface area contributed by atoms with E-state index in [4.69, 9.17) is 0 Å². The highest BCUT2D eigenvalue weighted by molar-refractivity contribution is 5.54. The lowest BCUT2D eigenvalue weighted by Crippen LogP contribution is -2.08. The molecule has 0 radical (unpaired) electrons. The lowest BCUT2D eigenvalue weighted by Gasteiger charge is -2.17. The predicted molar refractivity (Wildman–Crippen MR) is 64.2 cm³/mol. The number of hydrogen-bond donors (Lipinski definition) is 1. The topological polar surface area (TPSA) is 37.5 Å². The summed E-state index contributed by atoms with van der Waals surface area (Å²) in [4.78, 5) is 0. The molecule has 0 amide bonds. The Morgan fingerprint density at radius 2 is 2.25 bits per heavy atom. The number of aromatic nitrogens is 2. The fraction of sp³-hybridized carbons (Fsp3) is 0.462. The van der Waals surface area contributed by atoms with Crippen molar-refractivity contribution in [1.82, 2.24) is 9.61 Å². The van der Waals surface area contributed by atoms with Gasteiger partial charge in [-0.2, -0.15) is 5.10 Å². The molecule has 0 aliphatic rings. The fourth-order valence-electron chi connectivity index (χ4n) is 2.10. The minimum absolute atomic E-state index is 0.276. The summed E-state index contributed by atoms with van der Waals surface area (Å²) in [6.45, 7) is 4.22. The van der Waals surface area contributed by atoms with Crippen molar-refractivity contribution in [2.45, 2.75) is 32.8 Å². The maximum absolute atomic E-state index is 10.3. The summed E-state index contributed by atoms with van der Waals surface area (Å²) < 4.78 is 1.80. The molecule has 3 heteroatoms. The van der Waals surface area contributed by atoms with Gasteiger partial charge in [0, 0.05) is 11.8 Å². The number of rotatable bonds is 4. The number of pyridine rings is 1. The van der Waals surface area contributed by atoms with Gasteiger partial charge in [0.25, 0.3) is 0 Å². The average molecular weight is 218 g/mol. The van der Waals surface area contributed by atoms with Crippen LogP contribution in [0, 0.1) is 5.92 Å². The van der Waals surface area contributed by atoms with E-state index in [-0.39, 0.29) is 5.92 Å². The molecule has 0 aliphatic carbocycles. The van der Waals surface area contributed by atoms with Gasteiger partial charge in [-0.1, -0.05) is 26.3 Å². The zero-order valence-corrected chi connectivity index (χ0v) is 9.80. The molecule has 0 bridgehead atoms. The highest BCUT2D eigenvalue weighted by atomic mass is 16.3. The van der Waals surface area contributed by atoms with E-state index in [1.54, 1.807) is 10.7 Å². The lowest BCUT2D eigenvalue weighted by atomic mass is 9.94. The Hall–Kier alpha value is -1.35. The van der Waals surface area contributed by atoms with Crippen molar-refractivity contribution < 1.29 is 5.11 Å². The molecule has 0 aliphatic heterocycles. The minimum atomic E-state index is -0.417. The third-order valence-electron chi connectivity index (χ3n) is 3.06. The highest BCUT2D eigenvalue weighted by Gasteiger charge is 2.19. The first-order valence-electron chi connectivity index (χ1n) is 5.84. The van der Waals surface area contributed by atoms with Crippen LogP contribution in [0.15, 0.2) is 30.6 Å². The molecule has 2 aromatic rings. The van der Waals surface area contributed by atoms with Crippen molar-refractivity contribution in [2.75, 3.05) is 0 Å². The van der Waals surface area contributed by atoms with E-state index in [9.17, 15) is 5.11 Å². The van der Waals surface area contributed by atoms with E-state index in [1.807, 2.05) is 24.4 Å².